The molecule has 1 heterocycles. The standard InChI is InChI=1S/C18H17N3O2/c22-18(13-23-17-4-2-1-3-5-17)20-16-8-6-15(7-9-16)12-21-11-10-19-14-21/h1-11,14H,12-13H2,(H,20,22). The lowest BCUT2D eigenvalue weighted by atomic mass is 10.2. The highest BCUT2D eigenvalue weighted by Crippen LogP contribution is 2.12. The average molecular weight is 307 g/mol. The van der Waals surface area contributed by atoms with Crippen LogP contribution in [0.15, 0.2) is 73.3 Å². The zero-order chi connectivity index (χ0) is 15.9. The highest BCUT2D eigenvalue weighted by atomic mass is 16.5. The topological polar surface area (TPSA) is 56.1 Å². The highest BCUT2D eigenvalue weighted by Gasteiger charge is 2.04. The minimum absolute atomic E-state index is 0.0131. The fraction of sp³-hybridized carbons (Fsp3) is 0.111. The molecule has 0 saturated carbocycles. The number of carbonyl (C=O) groups excluding carboxylic acids is 1. The Kier molecular flexibility index (Phi) is 4.69. The van der Waals surface area contributed by atoms with Gasteiger partial charge in [0.1, 0.15) is 5.75 Å². The Morgan fingerprint density at radius 1 is 1.09 bits per heavy atom. The molecule has 5 nitrogen and oxygen atoms in total. The Morgan fingerprint density at radius 2 is 1.87 bits per heavy atom. The number of nitrogens with zero attached hydrogens (tertiary/aromatic N) is 2. The molecule has 1 aromatic heterocycles. The molecular weight excluding hydrogens is 290 g/mol. The summed E-state index contributed by atoms with van der Waals surface area (Å²) in [6.07, 6.45) is 5.44. The third kappa shape index (κ3) is 4.44. The molecule has 0 atom stereocenters. The van der Waals surface area contributed by atoms with Crippen LogP contribution in [0.25, 0.3) is 0 Å². The summed E-state index contributed by atoms with van der Waals surface area (Å²) in [6.45, 7) is 0.742. The first kappa shape index (κ1) is 14.8. The van der Waals surface area contributed by atoms with Crippen molar-refractivity contribution >= 4 is 11.6 Å². The van der Waals surface area contributed by atoms with E-state index in [-0.39, 0.29) is 12.5 Å². The van der Waals surface area contributed by atoms with E-state index in [4.69, 9.17) is 4.74 Å². The van der Waals surface area contributed by atoms with Gasteiger partial charge in [-0.3, -0.25) is 4.79 Å². The van der Waals surface area contributed by atoms with Crippen molar-refractivity contribution in [1.29, 1.82) is 0 Å². The van der Waals surface area contributed by atoms with Crippen LogP contribution in [-0.4, -0.2) is 22.1 Å². The third-order valence-corrected chi connectivity index (χ3v) is 3.28. The molecule has 1 amide bonds. The van der Waals surface area contributed by atoms with Gasteiger partial charge in [-0.2, -0.15) is 0 Å². The summed E-state index contributed by atoms with van der Waals surface area (Å²) in [7, 11) is 0. The molecule has 0 aliphatic heterocycles. The Hall–Kier alpha value is -3.08. The number of rotatable bonds is 6. The van der Waals surface area contributed by atoms with Gasteiger partial charge < -0.3 is 14.6 Å². The Balaban J connectivity index is 1.50. The van der Waals surface area contributed by atoms with Gasteiger partial charge in [-0.05, 0) is 29.8 Å². The first-order valence-electron chi connectivity index (χ1n) is 7.32. The summed E-state index contributed by atoms with van der Waals surface area (Å²) in [5.74, 6) is 0.495. The highest BCUT2D eigenvalue weighted by molar-refractivity contribution is 5.91. The molecule has 0 aliphatic rings. The Morgan fingerprint density at radius 3 is 2.57 bits per heavy atom. The predicted octanol–water partition coefficient (Wildman–Crippen LogP) is 2.95. The zero-order valence-corrected chi connectivity index (χ0v) is 12.6. The van der Waals surface area contributed by atoms with Crippen molar-refractivity contribution in [3.05, 3.63) is 78.9 Å². The van der Waals surface area contributed by atoms with Gasteiger partial charge >= 0.3 is 0 Å². The second-order valence-electron chi connectivity index (χ2n) is 5.08. The molecule has 0 aliphatic carbocycles. The van der Waals surface area contributed by atoms with Gasteiger partial charge in [0.15, 0.2) is 6.61 Å². The van der Waals surface area contributed by atoms with Gasteiger partial charge in [0.2, 0.25) is 0 Å². The SMILES string of the molecule is O=C(COc1ccccc1)Nc1ccc(Cn2ccnc2)cc1. The van der Waals surface area contributed by atoms with E-state index in [1.165, 1.54) is 0 Å². The summed E-state index contributed by atoms with van der Waals surface area (Å²) >= 11 is 0. The summed E-state index contributed by atoms with van der Waals surface area (Å²) in [6, 6.07) is 17.0. The number of hydrogen-bond donors (Lipinski definition) is 1. The number of para-hydroxylation sites is 1. The van der Waals surface area contributed by atoms with Crippen LogP contribution in [0.1, 0.15) is 5.56 Å². The second kappa shape index (κ2) is 7.26. The lowest BCUT2D eigenvalue weighted by Crippen LogP contribution is -2.20. The fourth-order valence-electron chi connectivity index (χ4n) is 2.15. The maximum Gasteiger partial charge on any atom is 0.262 e. The summed E-state index contributed by atoms with van der Waals surface area (Å²) in [4.78, 5) is 15.9. The molecule has 116 valence electrons. The first-order chi connectivity index (χ1) is 11.3. The summed E-state index contributed by atoms with van der Waals surface area (Å²) < 4.78 is 7.40. The average Bonchev–Trinajstić information content (AvgIpc) is 3.09. The minimum Gasteiger partial charge on any atom is -0.484 e. The summed E-state index contributed by atoms with van der Waals surface area (Å²) in [5, 5.41) is 2.82. The smallest absolute Gasteiger partial charge is 0.262 e. The lowest BCUT2D eigenvalue weighted by molar-refractivity contribution is -0.118. The molecule has 3 aromatic rings. The van der Waals surface area contributed by atoms with Crippen LogP contribution < -0.4 is 10.1 Å². The molecule has 0 fully saturated rings. The molecule has 5 heteroatoms. The van der Waals surface area contributed by atoms with Crippen molar-refractivity contribution in [3.8, 4) is 5.75 Å². The predicted molar refractivity (Wildman–Crippen MR) is 88.3 cm³/mol. The van der Waals surface area contributed by atoms with Gasteiger partial charge in [-0.1, -0.05) is 30.3 Å². The van der Waals surface area contributed by atoms with Crippen LogP contribution in [0, 0.1) is 0 Å². The van der Waals surface area contributed by atoms with E-state index in [9.17, 15) is 4.79 Å². The van der Waals surface area contributed by atoms with Crippen LogP contribution in [0.5, 0.6) is 5.75 Å². The molecule has 0 unspecified atom stereocenters. The van der Waals surface area contributed by atoms with E-state index in [1.54, 1.807) is 12.5 Å². The number of nitrogens with one attached hydrogen (secondary N) is 1. The molecule has 2 aromatic carbocycles. The van der Waals surface area contributed by atoms with Crippen LogP contribution in [-0.2, 0) is 11.3 Å². The number of imidazole rings is 1. The number of carbonyl (C=O) groups is 1. The number of anilines is 1. The number of benzene rings is 2. The fourth-order valence-corrected chi connectivity index (χ4v) is 2.15. The van der Waals surface area contributed by atoms with Crippen molar-refractivity contribution in [1.82, 2.24) is 9.55 Å². The van der Waals surface area contributed by atoms with Crippen LogP contribution in [0.3, 0.4) is 0 Å². The van der Waals surface area contributed by atoms with Gasteiger partial charge in [0.25, 0.3) is 5.91 Å². The number of ether oxygens (including phenoxy) is 1. The third-order valence-electron chi connectivity index (χ3n) is 3.28. The van der Waals surface area contributed by atoms with Crippen LogP contribution >= 0.6 is 0 Å². The zero-order valence-electron chi connectivity index (χ0n) is 12.6. The minimum atomic E-state index is -0.184. The van der Waals surface area contributed by atoms with E-state index in [0.717, 1.165) is 17.8 Å². The number of aromatic nitrogens is 2. The van der Waals surface area contributed by atoms with E-state index in [2.05, 4.69) is 10.3 Å². The maximum absolute atomic E-state index is 11.9. The van der Waals surface area contributed by atoms with Crippen molar-refractivity contribution < 1.29 is 9.53 Å². The first-order valence-corrected chi connectivity index (χ1v) is 7.32. The Labute approximate surface area is 134 Å². The van der Waals surface area contributed by atoms with Gasteiger partial charge in [0, 0.05) is 24.6 Å². The molecule has 0 saturated heterocycles. The van der Waals surface area contributed by atoms with E-state index in [1.807, 2.05) is 65.4 Å². The Bertz CT molecular complexity index is 738. The van der Waals surface area contributed by atoms with Gasteiger partial charge in [-0.25, -0.2) is 4.98 Å². The van der Waals surface area contributed by atoms with Gasteiger partial charge in [0.05, 0.1) is 6.33 Å². The monoisotopic (exact) mass is 307 g/mol. The normalized spacial score (nSPS) is 10.3. The molecule has 1 N–H and O–H groups in total. The van der Waals surface area contributed by atoms with Crippen LogP contribution in [0.4, 0.5) is 5.69 Å². The van der Waals surface area contributed by atoms with E-state index in [0.29, 0.717) is 5.75 Å². The van der Waals surface area contributed by atoms with E-state index >= 15 is 0 Å². The quantitative estimate of drug-likeness (QED) is 0.762. The molecule has 0 spiro atoms. The lowest BCUT2D eigenvalue weighted by Gasteiger charge is -2.08. The van der Waals surface area contributed by atoms with Crippen molar-refractivity contribution in [3.63, 3.8) is 0 Å². The largest absolute Gasteiger partial charge is 0.484 e. The number of hydrogen-bond acceptors (Lipinski definition) is 3. The molecule has 0 bridgehead atoms. The number of amides is 1. The molecular formula is C18H17N3O2. The molecule has 3 rings (SSSR count). The van der Waals surface area contributed by atoms with Crippen molar-refractivity contribution in [2.24, 2.45) is 0 Å². The second-order valence-corrected chi connectivity index (χ2v) is 5.08. The van der Waals surface area contributed by atoms with Gasteiger partial charge in [-0.15, -0.1) is 0 Å². The maximum atomic E-state index is 11.9. The van der Waals surface area contributed by atoms with E-state index < -0.39 is 0 Å². The molecule has 0 radical (unpaired) electrons. The van der Waals surface area contributed by atoms with Crippen molar-refractivity contribution in [2.75, 3.05) is 11.9 Å². The molecule has 23 heavy (non-hydrogen) atoms. The van der Waals surface area contributed by atoms with Crippen molar-refractivity contribution in [2.45, 2.75) is 6.54 Å². The summed E-state index contributed by atoms with van der Waals surface area (Å²) in [5.41, 5.74) is 1.89. The van der Waals surface area contributed by atoms with Crippen LogP contribution in [0.2, 0.25) is 0 Å².